The van der Waals surface area contributed by atoms with Gasteiger partial charge in [-0.05, 0) is 36.4 Å². The van der Waals surface area contributed by atoms with E-state index in [1.54, 1.807) is 0 Å². The fourth-order valence-electron chi connectivity index (χ4n) is 1.69. The Morgan fingerprint density at radius 1 is 0.895 bits per heavy atom. The molecular formula is C14H10FN3O. The number of hydrogen-bond donors (Lipinski definition) is 1. The van der Waals surface area contributed by atoms with Crippen molar-refractivity contribution in [1.82, 2.24) is 9.97 Å². The summed E-state index contributed by atoms with van der Waals surface area (Å²) in [5, 5.41) is 0. The fourth-order valence-corrected chi connectivity index (χ4v) is 1.69. The van der Waals surface area contributed by atoms with E-state index in [-0.39, 0.29) is 17.5 Å². The first kappa shape index (κ1) is 11.4. The fraction of sp³-hybridized carbons (Fsp3) is 0. The average Bonchev–Trinajstić information content (AvgIpc) is 2.42. The number of anilines is 1. The van der Waals surface area contributed by atoms with Crippen LogP contribution in [0.25, 0.3) is 11.0 Å². The lowest BCUT2D eigenvalue weighted by atomic mass is 10.3. The van der Waals surface area contributed by atoms with Gasteiger partial charge in [-0.1, -0.05) is 12.1 Å². The second-order valence-electron chi connectivity index (χ2n) is 3.96. The Labute approximate surface area is 108 Å². The molecule has 3 aromatic rings. The van der Waals surface area contributed by atoms with Crippen molar-refractivity contribution >= 4 is 16.9 Å². The number of nitrogens with zero attached hydrogens (tertiary/aromatic N) is 2. The van der Waals surface area contributed by atoms with Crippen LogP contribution in [0, 0.1) is 5.82 Å². The number of nitrogen functional groups attached to an aromatic ring is 1. The first-order valence-corrected chi connectivity index (χ1v) is 5.68. The molecule has 19 heavy (non-hydrogen) atoms. The van der Waals surface area contributed by atoms with Crippen LogP contribution >= 0.6 is 0 Å². The Balaban J connectivity index is 2.00. The van der Waals surface area contributed by atoms with E-state index in [0.29, 0.717) is 16.8 Å². The van der Waals surface area contributed by atoms with E-state index < -0.39 is 0 Å². The summed E-state index contributed by atoms with van der Waals surface area (Å²) >= 11 is 0. The summed E-state index contributed by atoms with van der Waals surface area (Å²) in [5.41, 5.74) is 7.18. The number of ether oxygens (including phenoxy) is 1. The number of nitrogens with two attached hydrogens (primary N) is 1. The molecule has 4 nitrogen and oxygen atoms in total. The molecule has 0 saturated carbocycles. The molecule has 2 N–H and O–H groups in total. The zero-order valence-electron chi connectivity index (χ0n) is 9.88. The second-order valence-corrected chi connectivity index (χ2v) is 3.96. The minimum absolute atomic E-state index is 0.197. The van der Waals surface area contributed by atoms with Crippen LogP contribution in [0.15, 0.2) is 48.5 Å². The number of para-hydroxylation sites is 2. The van der Waals surface area contributed by atoms with Crippen molar-refractivity contribution in [3.8, 4) is 11.6 Å². The van der Waals surface area contributed by atoms with Gasteiger partial charge in [-0.2, -0.15) is 0 Å². The van der Waals surface area contributed by atoms with Gasteiger partial charge in [0.25, 0.3) is 5.88 Å². The normalized spacial score (nSPS) is 10.6. The van der Waals surface area contributed by atoms with Crippen LogP contribution in [0.4, 0.5) is 10.2 Å². The molecule has 3 rings (SSSR count). The van der Waals surface area contributed by atoms with Gasteiger partial charge in [-0.3, -0.25) is 0 Å². The number of benzene rings is 2. The summed E-state index contributed by atoms with van der Waals surface area (Å²) in [6.07, 6.45) is 0. The molecule has 0 aliphatic rings. The van der Waals surface area contributed by atoms with Crippen molar-refractivity contribution in [2.45, 2.75) is 0 Å². The molecule has 0 bridgehead atoms. The zero-order valence-corrected chi connectivity index (χ0v) is 9.88. The van der Waals surface area contributed by atoms with Crippen molar-refractivity contribution in [2.75, 3.05) is 5.73 Å². The van der Waals surface area contributed by atoms with Gasteiger partial charge >= 0.3 is 0 Å². The van der Waals surface area contributed by atoms with Gasteiger partial charge in [-0.15, -0.1) is 0 Å². The maximum absolute atomic E-state index is 12.8. The smallest absolute Gasteiger partial charge is 0.263 e. The van der Waals surface area contributed by atoms with Gasteiger partial charge in [0.1, 0.15) is 11.6 Å². The molecular weight excluding hydrogens is 245 g/mol. The van der Waals surface area contributed by atoms with Crippen molar-refractivity contribution in [3.63, 3.8) is 0 Å². The van der Waals surface area contributed by atoms with Gasteiger partial charge in [-0.25, -0.2) is 14.4 Å². The van der Waals surface area contributed by atoms with Gasteiger partial charge in [0.15, 0.2) is 5.82 Å². The van der Waals surface area contributed by atoms with Crippen LogP contribution in [-0.2, 0) is 0 Å². The molecule has 5 heteroatoms. The highest BCUT2D eigenvalue weighted by Gasteiger charge is 2.08. The second kappa shape index (κ2) is 4.53. The van der Waals surface area contributed by atoms with E-state index >= 15 is 0 Å². The maximum Gasteiger partial charge on any atom is 0.263 e. The summed E-state index contributed by atoms with van der Waals surface area (Å²) < 4.78 is 18.3. The topological polar surface area (TPSA) is 61.0 Å². The predicted molar refractivity (Wildman–Crippen MR) is 70.4 cm³/mol. The lowest BCUT2D eigenvalue weighted by molar-refractivity contribution is 0.464. The van der Waals surface area contributed by atoms with Crippen LogP contribution in [0.2, 0.25) is 0 Å². The summed E-state index contributed by atoms with van der Waals surface area (Å²) in [6, 6.07) is 13.0. The van der Waals surface area contributed by atoms with Gasteiger partial charge in [0.05, 0.1) is 11.0 Å². The van der Waals surface area contributed by atoms with Crippen LogP contribution in [0.3, 0.4) is 0 Å². The number of rotatable bonds is 2. The van der Waals surface area contributed by atoms with Crippen LogP contribution < -0.4 is 10.5 Å². The Bertz CT molecular complexity index is 728. The standard InChI is InChI=1S/C14H10FN3O/c15-9-5-7-10(8-6-9)19-14-13(16)17-11-3-1-2-4-12(11)18-14/h1-8H,(H2,16,17). The molecule has 2 aromatic carbocycles. The number of aromatic nitrogens is 2. The third kappa shape index (κ3) is 2.30. The molecule has 0 aliphatic carbocycles. The van der Waals surface area contributed by atoms with E-state index in [2.05, 4.69) is 9.97 Å². The largest absolute Gasteiger partial charge is 0.436 e. The Morgan fingerprint density at radius 2 is 1.53 bits per heavy atom. The lowest BCUT2D eigenvalue weighted by Gasteiger charge is -2.07. The van der Waals surface area contributed by atoms with Gasteiger partial charge in [0.2, 0.25) is 0 Å². The zero-order chi connectivity index (χ0) is 13.2. The molecule has 0 spiro atoms. The van der Waals surface area contributed by atoms with Crippen molar-refractivity contribution in [3.05, 3.63) is 54.3 Å². The minimum atomic E-state index is -0.329. The Kier molecular flexibility index (Phi) is 2.72. The average molecular weight is 255 g/mol. The molecule has 1 heterocycles. The van der Waals surface area contributed by atoms with Gasteiger partial charge in [0, 0.05) is 0 Å². The Morgan fingerprint density at radius 3 is 2.21 bits per heavy atom. The minimum Gasteiger partial charge on any atom is -0.436 e. The monoisotopic (exact) mass is 255 g/mol. The van der Waals surface area contributed by atoms with Crippen LogP contribution in [-0.4, -0.2) is 9.97 Å². The van der Waals surface area contributed by atoms with E-state index in [1.165, 1.54) is 24.3 Å². The highest BCUT2D eigenvalue weighted by atomic mass is 19.1. The first-order valence-electron chi connectivity index (χ1n) is 5.68. The predicted octanol–water partition coefficient (Wildman–Crippen LogP) is 3.14. The lowest BCUT2D eigenvalue weighted by Crippen LogP contribution is -1.99. The Hall–Kier alpha value is -2.69. The first-order chi connectivity index (χ1) is 9.22. The number of fused-ring (bicyclic) bond motifs is 1. The molecule has 1 aromatic heterocycles. The van der Waals surface area contributed by atoms with E-state index in [1.807, 2.05) is 24.3 Å². The summed E-state index contributed by atoms with van der Waals surface area (Å²) in [4.78, 5) is 8.49. The molecule has 0 unspecified atom stereocenters. The molecule has 94 valence electrons. The highest BCUT2D eigenvalue weighted by molar-refractivity contribution is 5.76. The van der Waals surface area contributed by atoms with Crippen LogP contribution in [0.5, 0.6) is 11.6 Å². The van der Waals surface area contributed by atoms with E-state index in [9.17, 15) is 4.39 Å². The molecule has 0 saturated heterocycles. The third-order valence-electron chi connectivity index (χ3n) is 2.59. The maximum atomic E-state index is 12.8. The highest BCUT2D eigenvalue weighted by Crippen LogP contribution is 2.26. The molecule has 0 fully saturated rings. The molecule has 0 aliphatic heterocycles. The summed E-state index contributed by atoms with van der Waals surface area (Å²) in [6.45, 7) is 0. The van der Waals surface area contributed by atoms with Gasteiger partial charge < -0.3 is 10.5 Å². The summed E-state index contributed by atoms with van der Waals surface area (Å²) in [7, 11) is 0. The number of hydrogen-bond acceptors (Lipinski definition) is 4. The third-order valence-corrected chi connectivity index (χ3v) is 2.59. The van der Waals surface area contributed by atoms with E-state index in [4.69, 9.17) is 10.5 Å². The molecule has 0 atom stereocenters. The van der Waals surface area contributed by atoms with E-state index in [0.717, 1.165) is 0 Å². The quantitative estimate of drug-likeness (QED) is 0.764. The number of halogens is 1. The van der Waals surface area contributed by atoms with Crippen molar-refractivity contribution in [1.29, 1.82) is 0 Å². The van der Waals surface area contributed by atoms with Crippen LogP contribution in [0.1, 0.15) is 0 Å². The van der Waals surface area contributed by atoms with Crippen molar-refractivity contribution < 1.29 is 9.13 Å². The molecule has 0 amide bonds. The molecule has 0 radical (unpaired) electrons. The summed E-state index contributed by atoms with van der Waals surface area (Å²) in [5.74, 6) is 0.538. The SMILES string of the molecule is Nc1nc2ccccc2nc1Oc1ccc(F)cc1. The van der Waals surface area contributed by atoms with Crippen molar-refractivity contribution in [2.24, 2.45) is 0 Å².